The minimum absolute atomic E-state index is 0.0960. The fourth-order valence-electron chi connectivity index (χ4n) is 4.27. The second-order valence-electron chi connectivity index (χ2n) is 8.00. The molecule has 4 heterocycles. The average molecular weight is 447 g/mol. The molecular weight excluding hydrogens is 422 g/mol. The van der Waals surface area contributed by atoms with E-state index < -0.39 is 5.91 Å². The summed E-state index contributed by atoms with van der Waals surface area (Å²) in [5, 5.41) is 16.7. The molecule has 0 saturated carbocycles. The highest BCUT2D eigenvalue weighted by atomic mass is 16.5. The molecule has 1 aliphatic rings. The second kappa shape index (κ2) is 9.16. The lowest BCUT2D eigenvalue weighted by Gasteiger charge is -2.21. The topological polar surface area (TPSA) is 139 Å². The van der Waals surface area contributed by atoms with Gasteiger partial charge in [0.15, 0.2) is 0 Å². The molecule has 1 saturated heterocycles. The van der Waals surface area contributed by atoms with Crippen LogP contribution >= 0.6 is 0 Å². The number of fused-ring (bicyclic) bond motifs is 1. The van der Waals surface area contributed by atoms with E-state index >= 15 is 0 Å². The molecule has 3 N–H and O–H groups in total. The summed E-state index contributed by atoms with van der Waals surface area (Å²) in [6, 6.07) is 7.43. The molecule has 0 aromatic carbocycles. The Hall–Kier alpha value is -4.13. The number of pyridine rings is 1. The number of rotatable bonds is 7. The van der Waals surface area contributed by atoms with Crippen molar-refractivity contribution in [3.8, 4) is 23.1 Å². The monoisotopic (exact) mass is 447 g/mol. The Morgan fingerprint density at radius 2 is 2.15 bits per heavy atom. The number of nitrogens with zero attached hydrogens (tertiary/aromatic N) is 5. The third-order valence-electron chi connectivity index (χ3n) is 6.06. The van der Waals surface area contributed by atoms with E-state index in [-0.39, 0.29) is 29.9 Å². The molecule has 10 heteroatoms. The van der Waals surface area contributed by atoms with Crippen LogP contribution in [0.2, 0.25) is 0 Å². The van der Waals surface area contributed by atoms with Crippen LogP contribution < -0.4 is 15.8 Å². The molecule has 0 bridgehead atoms. The van der Waals surface area contributed by atoms with Crippen molar-refractivity contribution in [3.63, 3.8) is 0 Å². The van der Waals surface area contributed by atoms with Gasteiger partial charge in [-0.15, -0.1) is 0 Å². The Bertz CT molecular complexity index is 1250. The van der Waals surface area contributed by atoms with Crippen LogP contribution in [-0.4, -0.2) is 57.6 Å². The van der Waals surface area contributed by atoms with E-state index in [1.165, 1.54) is 6.20 Å². The summed E-state index contributed by atoms with van der Waals surface area (Å²) >= 11 is 0. The predicted octanol–water partition coefficient (Wildman–Crippen LogP) is 2.07. The van der Waals surface area contributed by atoms with Crippen LogP contribution in [0.1, 0.15) is 30.1 Å². The third-order valence-corrected chi connectivity index (χ3v) is 6.06. The molecular formula is C23H25N7O3. The first-order chi connectivity index (χ1) is 15.9. The normalized spacial score (nSPS) is 17.7. The summed E-state index contributed by atoms with van der Waals surface area (Å²) < 4.78 is 6.91. The van der Waals surface area contributed by atoms with Crippen molar-refractivity contribution in [2.24, 2.45) is 11.7 Å². The lowest BCUT2D eigenvalue weighted by atomic mass is 10.00. The zero-order valence-electron chi connectivity index (χ0n) is 18.5. The van der Waals surface area contributed by atoms with Gasteiger partial charge in [0.25, 0.3) is 5.91 Å². The van der Waals surface area contributed by atoms with Gasteiger partial charge in [0.1, 0.15) is 6.42 Å². The Morgan fingerprint density at radius 3 is 2.85 bits per heavy atom. The minimum atomic E-state index is -0.593. The van der Waals surface area contributed by atoms with Crippen LogP contribution in [0.15, 0.2) is 36.8 Å². The van der Waals surface area contributed by atoms with Crippen LogP contribution in [0, 0.1) is 17.2 Å². The highest BCUT2D eigenvalue weighted by Crippen LogP contribution is 2.32. The lowest BCUT2D eigenvalue weighted by molar-refractivity contribution is -0.129. The van der Waals surface area contributed by atoms with E-state index in [0.717, 1.165) is 17.5 Å². The van der Waals surface area contributed by atoms with E-state index in [4.69, 9.17) is 15.7 Å². The van der Waals surface area contributed by atoms with Gasteiger partial charge < -0.3 is 20.7 Å². The number of nitrogens with one attached hydrogen (secondary N) is 1. The molecule has 3 aromatic heterocycles. The van der Waals surface area contributed by atoms with Crippen molar-refractivity contribution >= 4 is 23.0 Å². The van der Waals surface area contributed by atoms with Crippen molar-refractivity contribution in [3.05, 3.63) is 42.4 Å². The number of hydrogen-bond acceptors (Lipinski definition) is 7. The van der Waals surface area contributed by atoms with Crippen LogP contribution in [0.3, 0.4) is 0 Å². The van der Waals surface area contributed by atoms with Gasteiger partial charge in [0, 0.05) is 43.2 Å². The van der Waals surface area contributed by atoms with Crippen molar-refractivity contribution in [2.45, 2.75) is 25.8 Å². The number of nitriles is 1. The smallest absolute Gasteiger partial charge is 0.252 e. The summed E-state index contributed by atoms with van der Waals surface area (Å²) in [4.78, 5) is 30.3. The van der Waals surface area contributed by atoms with Crippen molar-refractivity contribution < 1.29 is 14.3 Å². The van der Waals surface area contributed by atoms with Gasteiger partial charge in [0.05, 0.1) is 36.1 Å². The first-order valence-corrected chi connectivity index (χ1v) is 10.7. The zero-order chi connectivity index (χ0) is 23.5. The molecule has 0 spiro atoms. The molecule has 4 rings (SSSR count). The summed E-state index contributed by atoms with van der Waals surface area (Å²) in [7, 11) is 1.56. The Kier molecular flexibility index (Phi) is 6.13. The maximum Gasteiger partial charge on any atom is 0.252 e. The van der Waals surface area contributed by atoms with E-state index in [1.807, 2.05) is 30.5 Å². The predicted molar refractivity (Wildman–Crippen MR) is 121 cm³/mol. The molecule has 33 heavy (non-hydrogen) atoms. The van der Waals surface area contributed by atoms with E-state index in [0.29, 0.717) is 30.2 Å². The number of primary amides is 1. The molecule has 1 fully saturated rings. The van der Waals surface area contributed by atoms with Gasteiger partial charge in [-0.3, -0.25) is 9.59 Å². The number of ether oxygens (including phenoxy) is 1. The highest BCUT2D eigenvalue weighted by molar-refractivity contribution is 6.02. The standard InChI is InChI=1S/C23H25N7O3/c1-3-14-11-29(21(31)4-6-24)13-18(14)28-22-17(23(25)32)10-27-30-12-16(8-19(22)30)15-5-7-26-20(9-15)33-2/h5,7-10,12,14,18,28H,3-4,11,13H2,1-2H3,(H2,25,32)/t14-,18+/m0/s1. The first kappa shape index (κ1) is 22.1. The van der Waals surface area contributed by atoms with Crippen molar-refractivity contribution in [1.82, 2.24) is 19.5 Å². The molecule has 0 aliphatic carbocycles. The van der Waals surface area contributed by atoms with Gasteiger partial charge in [-0.25, -0.2) is 9.50 Å². The molecule has 2 amide bonds. The number of methoxy groups -OCH3 is 1. The number of carbonyl (C=O) groups excluding carboxylic acids is 2. The van der Waals surface area contributed by atoms with Gasteiger partial charge >= 0.3 is 0 Å². The Morgan fingerprint density at radius 1 is 1.33 bits per heavy atom. The summed E-state index contributed by atoms with van der Waals surface area (Å²) in [6.45, 7) is 3.06. The number of nitrogens with two attached hydrogens (primary N) is 1. The van der Waals surface area contributed by atoms with E-state index in [2.05, 4.69) is 22.3 Å². The molecule has 2 atom stereocenters. The van der Waals surface area contributed by atoms with E-state index in [1.54, 1.807) is 22.7 Å². The maximum absolute atomic E-state index is 12.3. The third kappa shape index (κ3) is 4.30. The highest BCUT2D eigenvalue weighted by Gasteiger charge is 2.35. The largest absolute Gasteiger partial charge is 0.481 e. The van der Waals surface area contributed by atoms with Crippen LogP contribution in [0.5, 0.6) is 5.88 Å². The van der Waals surface area contributed by atoms with Gasteiger partial charge in [0.2, 0.25) is 11.8 Å². The number of likely N-dealkylation sites (tertiary alicyclic amines) is 1. The number of carbonyl (C=O) groups is 2. The number of aromatic nitrogens is 3. The molecule has 10 nitrogen and oxygen atoms in total. The average Bonchev–Trinajstić information content (AvgIpc) is 3.43. The van der Waals surface area contributed by atoms with Crippen molar-refractivity contribution in [1.29, 1.82) is 5.26 Å². The van der Waals surface area contributed by atoms with Crippen LogP contribution in [-0.2, 0) is 4.79 Å². The van der Waals surface area contributed by atoms with Gasteiger partial charge in [-0.2, -0.15) is 10.4 Å². The number of hydrogen-bond donors (Lipinski definition) is 2. The molecule has 1 aliphatic heterocycles. The fourth-order valence-corrected chi connectivity index (χ4v) is 4.27. The van der Waals surface area contributed by atoms with Gasteiger partial charge in [-0.05, 0) is 30.0 Å². The Balaban J connectivity index is 1.73. The number of amides is 2. The Labute approximate surface area is 191 Å². The minimum Gasteiger partial charge on any atom is -0.481 e. The maximum atomic E-state index is 12.3. The first-order valence-electron chi connectivity index (χ1n) is 10.7. The fraction of sp³-hybridized carbons (Fsp3) is 0.348. The SMILES string of the molecule is CC[C@H]1CN(C(=O)CC#N)C[C@H]1Nc1c(C(N)=O)cnn2cc(-c3ccnc(OC)c3)cc12. The quantitative estimate of drug-likeness (QED) is 0.565. The molecule has 3 aromatic rings. The number of anilines is 1. The molecule has 0 radical (unpaired) electrons. The summed E-state index contributed by atoms with van der Waals surface area (Å²) in [5.74, 6) is -0.123. The molecule has 170 valence electrons. The van der Waals surface area contributed by atoms with E-state index in [9.17, 15) is 9.59 Å². The lowest BCUT2D eigenvalue weighted by Crippen LogP contribution is -2.32. The van der Waals surface area contributed by atoms with Crippen LogP contribution in [0.25, 0.3) is 16.6 Å². The second-order valence-corrected chi connectivity index (χ2v) is 8.00. The summed E-state index contributed by atoms with van der Waals surface area (Å²) in [5.41, 5.74) is 8.96. The summed E-state index contributed by atoms with van der Waals surface area (Å²) in [6.07, 6.45) is 5.66. The van der Waals surface area contributed by atoms with Gasteiger partial charge in [-0.1, -0.05) is 6.92 Å². The van der Waals surface area contributed by atoms with Crippen LogP contribution in [0.4, 0.5) is 5.69 Å². The molecule has 0 unspecified atom stereocenters. The zero-order valence-corrected chi connectivity index (χ0v) is 18.5. The van der Waals surface area contributed by atoms with Crippen molar-refractivity contribution in [2.75, 3.05) is 25.5 Å².